The van der Waals surface area contributed by atoms with Gasteiger partial charge in [-0.05, 0) is 43.9 Å². The largest absolute Gasteiger partial charge is 0.469 e. The maximum Gasteiger partial charge on any atom is 0.305 e. The Labute approximate surface area is 160 Å². The Hall–Kier alpha value is -1.38. The third-order valence-corrected chi connectivity index (χ3v) is 3.33. The van der Waals surface area contributed by atoms with E-state index in [2.05, 4.69) is 20.4 Å². The fraction of sp³-hybridized carbons (Fsp3) is 0.529. The van der Waals surface area contributed by atoms with Crippen LogP contribution in [0.25, 0.3) is 0 Å². The minimum atomic E-state index is -0.210. The van der Waals surface area contributed by atoms with Crippen molar-refractivity contribution in [3.8, 4) is 0 Å². The summed E-state index contributed by atoms with van der Waals surface area (Å²) in [7, 11) is 1.39. The summed E-state index contributed by atoms with van der Waals surface area (Å²) in [5.74, 6) is 0.289. The number of carbonyl (C=O) groups excluding carboxylic acids is 1. The molecule has 0 spiro atoms. The molecule has 1 aromatic carbocycles. The topological polar surface area (TPSA) is 62.7 Å². The lowest BCUT2D eigenvalue weighted by Crippen LogP contribution is -2.37. The van der Waals surface area contributed by atoms with Crippen LogP contribution in [0.3, 0.4) is 0 Å². The molecule has 0 radical (unpaired) electrons. The van der Waals surface area contributed by atoms with Crippen molar-refractivity contribution in [2.75, 3.05) is 20.2 Å². The van der Waals surface area contributed by atoms with Crippen LogP contribution >= 0.6 is 24.0 Å². The Kier molecular flexibility index (Phi) is 12.2. The highest BCUT2D eigenvalue weighted by Crippen LogP contribution is 2.09. The number of ether oxygens (including phenoxy) is 1. The second-order valence-electron chi connectivity index (χ2n) is 5.24. The normalized spacial score (nSPS) is 10.8. The Morgan fingerprint density at radius 3 is 2.67 bits per heavy atom. The lowest BCUT2D eigenvalue weighted by Gasteiger charge is -2.11. The van der Waals surface area contributed by atoms with Crippen LogP contribution in [0.15, 0.2) is 23.2 Å². The predicted octanol–water partition coefficient (Wildman–Crippen LogP) is 3.15. The molecule has 0 aliphatic carbocycles. The SMILES string of the molecule is CCNC(=NCc1ccc(C)c(F)c1)NCCCCC(=O)OC.I. The standard InChI is InChI=1S/C17H26FN3O2.HI/c1-4-19-17(20-10-6-5-7-16(22)23-3)21-12-14-9-8-13(2)15(18)11-14;/h8-9,11H,4-7,10,12H2,1-3H3,(H2,19,20,21);1H. The van der Waals surface area contributed by atoms with Crippen molar-refractivity contribution in [1.82, 2.24) is 10.6 Å². The molecule has 0 saturated heterocycles. The Morgan fingerprint density at radius 1 is 1.29 bits per heavy atom. The fourth-order valence-electron chi connectivity index (χ4n) is 1.95. The molecule has 7 heteroatoms. The highest BCUT2D eigenvalue weighted by atomic mass is 127. The van der Waals surface area contributed by atoms with E-state index < -0.39 is 0 Å². The average Bonchev–Trinajstić information content (AvgIpc) is 2.54. The van der Waals surface area contributed by atoms with Gasteiger partial charge in [-0.3, -0.25) is 4.79 Å². The monoisotopic (exact) mass is 451 g/mol. The Balaban J connectivity index is 0.00000529. The quantitative estimate of drug-likeness (QED) is 0.210. The Morgan fingerprint density at radius 2 is 2.04 bits per heavy atom. The first-order valence-corrected chi connectivity index (χ1v) is 7.90. The van der Waals surface area contributed by atoms with Gasteiger partial charge >= 0.3 is 5.97 Å². The zero-order chi connectivity index (χ0) is 17.1. The lowest BCUT2D eigenvalue weighted by atomic mass is 10.1. The molecular formula is C17H27FIN3O2. The van der Waals surface area contributed by atoms with E-state index in [1.165, 1.54) is 13.2 Å². The summed E-state index contributed by atoms with van der Waals surface area (Å²) in [5.41, 5.74) is 1.46. The number of hydrogen-bond acceptors (Lipinski definition) is 3. The number of unbranched alkanes of at least 4 members (excludes halogenated alkanes) is 1. The number of hydrogen-bond donors (Lipinski definition) is 2. The van der Waals surface area contributed by atoms with Gasteiger partial charge in [-0.2, -0.15) is 0 Å². The van der Waals surface area contributed by atoms with Crippen molar-refractivity contribution < 1.29 is 13.9 Å². The molecule has 136 valence electrons. The maximum atomic E-state index is 13.5. The number of guanidine groups is 1. The van der Waals surface area contributed by atoms with Crippen LogP contribution in [-0.4, -0.2) is 32.1 Å². The van der Waals surface area contributed by atoms with Crippen LogP contribution in [0.1, 0.15) is 37.3 Å². The summed E-state index contributed by atoms with van der Waals surface area (Å²) in [5, 5.41) is 6.34. The van der Waals surface area contributed by atoms with E-state index in [-0.39, 0.29) is 35.8 Å². The number of nitrogens with zero attached hydrogens (tertiary/aromatic N) is 1. The first kappa shape index (κ1) is 22.6. The summed E-state index contributed by atoms with van der Waals surface area (Å²) in [4.78, 5) is 15.5. The zero-order valence-corrected chi connectivity index (χ0v) is 16.9. The smallest absolute Gasteiger partial charge is 0.305 e. The molecule has 24 heavy (non-hydrogen) atoms. The third-order valence-electron chi connectivity index (χ3n) is 3.33. The third kappa shape index (κ3) is 9.05. The number of nitrogens with one attached hydrogen (secondary N) is 2. The number of rotatable bonds is 8. The summed E-state index contributed by atoms with van der Waals surface area (Å²) in [6.45, 7) is 5.60. The van der Waals surface area contributed by atoms with Gasteiger partial charge < -0.3 is 15.4 Å². The van der Waals surface area contributed by atoms with E-state index in [9.17, 15) is 9.18 Å². The number of benzene rings is 1. The van der Waals surface area contributed by atoms with Crippen molar-refractivity contribution in [3.63, 3.8) is 0 Å². The number of esters is 1. The van der Waals surface area contributed by atoms with Crippen molar-refractivity contribution in [3.05, 3.63) is 35.1 Å². The predicted molar refractivity (Wildman–Crippen MR) is 105 cm³/mol. The highest BCUT2D eigenvalue weighted by molar-refractivity contribution is 14.0. The molecule has 0 atom stereocenters. The number of aliphatic imine (C=N–C) groups is 1. The van der Waals surface area contributed by atoms with E-state index in [4.69, 9.17) is 0 Å². The summed E-state index contributed by atoms with van der Waals surface area (Å²) >= 11 is 0. The van der Waals surface area contributed by atoms with Crippen molar-refractivity contribution in [2.24, 2.45) is 4.99 Å². The van der Waals surface area contributed by atoms with Gasteiger partial charge in [-0.1, -0.05) is 12.1 Å². The van der Waals surface area contributed by atoms with Crippen molar-refractivity contribution in [2.45, 2.75) is 39.7 Å². The molecule has 1 rings (SSSR count). The van der Waals surface area contributed by atoms with Crippen LogP contribution in [0.5, 0.6) is 0 Å². The van der Waals surface area contributed by atoms with Gasteiger partial charge in [0.2, 0.25) is 0 Å². The number of halogens is 2. The molecule has 0 amide bonds. The van der Waals surface area contributed by atoms with Gasteiger partial charge in [0.1, 0.15) is 5.82 Å². The molecule has 0 saturated carbocycles. The average molecular weight is 451 g/mol. The molecule has 0 fully saturated rings. The second kappa shape index (κ2) is 13.0. The van der Waals surface area contributed by atoms with Crippen LogP contribution in [0.4, 0.5) is 4.39 Å². The molecule has 1 aromatic rings. The van der Waals surface area contributed by atoms with Crippen LogP contribution in [-0.2, 0) is 16.1 Å². The molecule has 0 aliphatic heterocycles. The molecule has 0 heterocycles. The number of methoxy groups -OCH3 is 1. The molecule has 0 aromatic heterocycles. The summed E-state index contributed by atoms with van der Waals surface area (Å²) < 4.78 is 18.1. The van der Waals surface area contributed by atoms with Gasteiger partial charge in [0.15, 0.2) is 5.96 Å². The van der Waals surface area contributed by atoms with E-state index in [1.54, 1.807) is 13.0 Å². The molecule has 0 unspecified atom stereocenters. The van der Waals surface area contributed by atoms with E-state index >= 15 is 0 Å². The lowest BCUT2D eigenvalue weighted by molar-refractivity contribution is -0.140. The number of aryl methyl sites for hydroxylation is 1. The second-order valence-corrected chi connectivity index (χ2v) is 5.24. The first-order valence-electron chi connectivity index (χ1n) is 7.90. The van der Waals surface area contributed by atoms with Gasteiger partial charge in [0.05, 0.1) is 13.7 Å². The summed E-state index contributed by atoms with van der Waals surface area (Å²) in [6, 6.07) is 5.15. The molecule has 0 bridgehead atoms. The van der Waals surface area contributed by atoms with Crippen LogP contribution in [0.2, 0.25) is 0 Å². The zero-order valence-electron chi connectivity index (χ0n) is 14.5. The van der Waals surface area contributed by atoms with Gasteiger partial charge in [-0.15, -0.1) is 24.0 Å². The summed E-state index contributed by atoms with van der Waals surface area (Å²) in [6.07, 6.45) is 2.04. The minimum Gasteiger partial charge on any atom is -0.469 e. The van der Waals surface area contributed by atoms with Crippen molar-refractivity contribution >= 4 is 35.9 Å². The van der Waals surface area contributed by atoms with E-state index in [0.717, 1.165) is 24.9 Å². The minimum absolute atomic E-state index is 0. The van der Waals surface area contributed by atoms with E-state index in [1.807, 2.05) is 13.0 Å². The first-order chi connectivity index (χ1) is 11.1. The van der Waals surface area contributed by atoms with Crippen LogP contribution < -0.4 is 10.6 Å². The van der Waals surface area contributed by atoms with E-state index in [0.29, 0.717) is 31.0 Å². The van der Waals surface area contributed by atoms with Crippen molar-refractivity contribution in [1.29, 1.82) is 0 Å². The maximum absolute atomic E-state index is 13.5. The highest BCUT2D eigenvalue weighted by Gasteiger charge is 2.02. The molecule has 5 nitrogen and oxygen atoms in total. The number of carbonyl (C=O) groups is 1. The fourth-order valence-corrected chi connectivity index (χ4v) is 1.95. The van der Waals surface area contributed by atoms with Gasteiger partial charge in [0.25, 0.3) is 0 Å². The molecule has 2 N–H and O–H groups in total. The Bertz CT molecular complexity index is 539. The molecular weight excluding hydrogens is 424 g/mol. The van der Waals surface area contributed by atoms with Crippen LogP contribution in [0, 0.1) is 12.7 Å². The molecule has 0 aliphatic rings. The van der Waals surface area contributed by atoms with Gasteiger partial charge in [-0.25, -0.2) is 9.38 Å². The van der Waals surface area contributed by atoms with Gasteiger partial charge in [0, 0.05) is 19.5 Å².